The number of ether oxygens (including phenoxy) is 1. The van der Waals surface area contributed by atoms with Crippen LogP contribution in [0.4, 0.5) is 0 Å². The van der Waals surface area contributed by atoms with E-state index in [2.05, 4.69) is 25.5 Å². The number of aromatic amines is 1. The Bertz CT molecular complexity index is 1260. The first-order chi connectivity index (χ1) is 13.8. The number of aromatic nitrogens is 5. The monoisotopic (exact) mass is 405 g/mol. The molecule has 2 aromatic carbocycles. The van der Waals surface area contributed by atoms with E-state index >= 15 is 0 Å². The summed E-state index contributed by atoms with van der Waals surface area (Å²) in [6, 6.07) is 15.9. The SMILES string of the molecule is COc1ccc(-c2nc(CSc3nnc4c(n3)[nH]c3ccccc34)cs2)cc1. The van der Waals surface area contributed by atoms with Gasteiger partial charge in [0.1, 0.15) is 16.3 Å². The summed E-state index contributed by atoms with van der Waals surface area (Å²) < 4.78 is 5.20. The fraction of sp³-hybridized carbons (Fsp3) is 0.100. The second-order valence-electron chi connectivity index (χ2n) is 6.12. The number of fused-ring (bicyclic) bond motifs is 3. The van der Waals surface area contributed by atoms with Crippen molar-refractivity contribution in [1.29, 1.82) is 0 Å². The zero-order valence-electron chi connectivity index (χ0n) is 14.9. The van der Waals surface area contributed by atoms with Crippen LogP contribution in [0.5, 0.6) is 5.75 Å². The summed E-state index contributed by atoms with van der Waals surface area (Å²) >= 11 is 3.16. The van der Waals surface area contributed by atoms with Gasteiger partial charge < -0.3 is 9.72 Å². The van der Waals surface area contributed by atoms with Gasteiger partial charge in [-0.1, -0.05) is 30.0 Å². The molecule has 1 N–H and O–H groups in total. The molecule has 0 radical (unpaired) electrons. The molecule has 8 heteroatoms. The molecule has 0 spiro atoms. The number of para-hydroxylation sites is 1. The molecular weight excluding hydrogens is 390 g/mol. The number of thiazole rings is 1. The van der Waals surface area contributed by atoms with Gasteiger partial charge in [0.05, 0.1) is 12.8 Å². The second-order valence-corrected chi connectivity index (χ2v) is 7.92. The van der Waals surface area contributed by atoms with Crippen LogP contribution < -0.4 is 4.74 Å². The first-order valence-corrected chi connectivity index (χ1v) is 10.5. The van der Waals surface area contributed by atoms with E-state index in [1.54, 1.807) is 18.4 Å². The van der Waals surface area contributed by atoms with Gasteiger partial charge in [-0.15, -0.1) is 21.5 Å². The molecule has 3 heterocycles. The van der Waals surface area contributed by atoms with Gasteiger partial charge in [-0.05, 0) is 30.3 Å². The Morgan fingerprint density at radius 2 is 1.89 bits per heavy atom. The van der Waals surface area contributed by atoms with Crippen LogP contribution >= 0.6 is 23.1 Å². The normalized spacial score (nSPS) is 11.3. The van der Waals surface area contributed by atoms with Crippen LogP contribution in [-0.4, -0.2) is 32.3 Å². The maximum absolute atomic E-state index is 5.20. The molecule has 0 aliphatic rings. The Balaban J connectivity index is 1.33. The summed E-state index contributed by atoms with van der Waals surface area (Å²) in [6.45, 7) is 0. The molecule has 5 rings (SSSR count). The Hall–Kier alpha value is -2.97. The highest BCUT2D eigenvalue weighted by atomic mass is 32.2. The number of nitrogens with one attached hydrogen (secondary N) is 1. The zero-order chi connectivity index (χ0) is 18.9. The van der Waals surface area contributed by atoms with Crippen LogP contribution in [0.2, 0.25) is 0 Å². The predicted octanol–water partition coefficient (Wildman–Crippen LogP) is 4.93. The van der Waals surface area contributed by atoms with Crippen molar-refractivity contribution in [3.05, 3.63) is 59.6 Å². The molecule has 5 aromatic rings. The van der Waals surface area contributed by atoms with Gasteiger partial charge in [0.2, 0.25) is 5.16 Å². The smallest absolute Gasteiger partial charge is 0.211 e. The van der Waals surface area contributed by atoms with E-state index < -0.39 is 0 Å². The third-order valence-corrected chi connectivity index (χ3v) is 6.15. The van der Waals surface area contributed by atoms with Gasteiger partial charge >= 0.3 is 0 Å². The highest BCUT2D eigenvalue weighted by molar-refractivity contribution is 7.98. The fourth-order valence-corrected chi connectivity index (χ4v) is 4.56. The number of rotatable bonds is 5. The number of H-pyrrole nitrogens is 1. The molecule has 0 amide bonds. The lowest BCUT2D eigenvalue weighted by Crippen LogP contribution is -1.92. The molecule has 3 aromatic heterocycles. The van der Waals surface area contributed by atoms with Crippen molar-refractivity contribution in [2.24, 2.45) is 0 Å². The number of hydrogen-bond acceptors (Lipinski definition) is 7. The molecular formula is C20H15N5OS2. The summed E-state index contributed by atoms with van der Waals surface area (Å²) in [5.74, 6) is 1.54. The van der Waals surface area contributed by atoms with Crippen LogP contribution in [0.1, 0.15) is 5.69 Å². The minimum atomic E-state index is 0.637. The molecule has 6 nitrogen and oxygen atoms in total. The summed E-state index contributed by atoms with van der Waals surface area (Å²) in [6.07, 6.45) is 0. The van der Waals surface area contributed by atoms with Crippen LogP contribution in [0.25, 0.3) is 32.6 Å². The maximum Gasteiger partial charge on any atom is 0.211 e. The summed E-state index contributed by atoms with van der Waals surface area (Å²) in [5.41, 5.74) is 4.66. The van der Waals surface area contributed by atoms with E-state index in [1.165, 1.54) is 11.8 Å². The van der Waals surface area contributed by atoms with E-state index in [-0.39, 0.29) is 0 Å². The van der Waals surface area contributed by atoms with Gasteiger partial charge in [-0.25, -0.2) is 9.97 Å². The van der Waals surface area contributed by atoms with E-state index in [0.29, 0.717) is 10.9 Å². The van der Waals surface area contributed by atoms with E-state index in [4.69, 9.17) is 9.72 Å². The fourth-order valence-electron chi connectivity index (χ4n) is 2.94. The Morgan fingerprint density at radius 1 is 1.04 bits per heavy atom. The molecule has 0 atom stereocenters. The molecule has 0 saturated heterocycles. The maximum atomic E-state index is 5.20. The second kappa shape index (κ2) is 7.21. The van der Waals surface area contributed by atoms with Crippen molar-refractivity contribution in [1.82, 2.24) is 25.1 Å². The molecule has 28 heavy (non-hydrogen) atoms. The van der Waals surface area contributed by atoms with Crippen LogP contribution in [0.3, 0.4) is 0 Å². The molecule has 0 aliphatic carbocycles. The average molecular weight is 406 g/mol. The Morgan fingerprint density at radius 3 is 2.75 bits per heavy atom. The minimum Gasteiger partial charge on any atom is -0.497 e. The highest BCUT2D eigenvalue weighted by Gasteiger charge is 2.10. The van der Waals surface area contributed by atoms with E-state index in [9.17, 15) is 0 Å². The van der Waals surface area contributed by atoms with Crippen molar-refractivity contribution in [3.63, 3.8) is 0 Å². The van der Waals surface area contributed by atoms with Crippen molar-refractivity contribution in [2.75, 3.05) is 7.11 Å². The zero-order valence-corrected chi connectivity index (χ0v) is 16.5. The largest absolute Gasteiger partial charge is 0.497 e. The Labute approximate surface area is 169 Å². The van der Waals surface area contributed by atoms with Crippen LogP contribution in [0, 0.1) is 0 Å². The van der Waals surface area contributed by atoms with Crippen molar-refractivity contribution < 1.29 is 4.74 Å². The lowest BCUT2D eigenvalue weighted by atomic mass is 10.2. The van der Waals surface area contributed by atoms with Crippen LogP contribution in [0.15, 0.2) is 59.1 Å². The quantitative estimate of drug-likeness (QED) is 0.418. The standard InChI is InChI=1S/C20H15N5OS2/c1-26-14-8-6-12(7-9-14)19-21-13(10-27-19)11-28-20-23-18-17(24-25-20)15-4-2-3-5-16(15)22-18/h2-10H,11H2,1H3,(H,22,23,25). The molecule has 138 valence electrons. The molecule has 0 unspecified atom stereocenters. The van der Waals surface area contributed by atoms with Gasteiger partial charge in [0.25, 0.3) is 0 Å². The Kier molecular flexibility index (Phi) is 4.42. The van der Waals surface area contributed by atoms with Gasteiger partial charge in [-0.3, -0.25) is 0 Å². The predicted molar refractivity (Wildman–Crippen MR) is 113 cm³/mol. The lowest BCUT2D eigenvalue weighted by Gasteiger charge is -2.00. The number of benzene rings is 2. The lowest BCUT2D eigenvalue weighted by molar-refractivity contribution is 0.415. The molecule has 0 bridgehead atoms. The average Bonchev–Trinajstić information content (AvgIpc) is 3.36. The molecule has 0 saturated carbocycles. The van der Waals surface area contributed by atoms with Gasteiger partial charge in [-0.2, -0.15) is 0 Å². The highest BCUT2D eigenvalue weighted by Crippen LogP contribution is 2.29. The van der Waals surface area contributed by atoms with Crippen LogP contribution in [-0.2, 0) is 5.75 Å². The van der Waals surface area contributed by atoms with E-state index in [0.717, 1.165) is 44.1 Å². The summed E-state index contributed by atoms with van der Waals surface area (Å²) in [4.78, 5) is 12.6. The number of thioether (sulfide) groups is 1. The molecule has 0 aliphatic heterocycles. The van der Waals surface area contributed by atoms with Gasteiger partial charge in [0, 0.05) is 27.6 Å². The number of nitrogens with zero attached hydrogens (tertiary/aromatic N) is 4. The van der Waals surface area contributed by atoms with Crippen molar-refractivity contribution in [3.8, 4) is 16.3 Å². The minimum absolute atomic E-state index is 0.637. The topological polar surface area (TPSA) is 76.6 Å². The molecule has 0 fully saturated rings. The first-order valence-electron chi connectivity index (χ1n) is 8.63. The summed E-state index contributed by atoms with van der Waals surface area (Å²) in [7, 11) is 1.66. The van der Waals surface area contributed by atoms with E-state index in [1.807, 2.05) is 48.5 Å². The van der Waals surface area contributed by atoms with Crippen molar-refractivity contribution in [2.45, 2.75) is 10.9 Å². The van der Waals surface area contributed by atoms with Crippen molar-refractivity contribution >= 4 is 45.2 Å². The summed E-state index contributed by atoms with van der Waals surface area (Å²) in [5, 5.41) is 13.4. The first kappa shape index (κ1) is 17.2. The number of methoxy groups -OCH3 is 1. The number of hydrogen-bond donors (Lipinski definition) is 1. The third-order valence-electron chi connectivity index (χ3n) is 4.34. The van der Waals surface area contributed by atoms with Gasteiger partial charge in [0.15, 0.2) is 5.65 Å². The third kappa shape index (κ3) is 3.21.